The summed E-state index contributed by atoms with van der Waals surface area (Å²) in [4.78, 5) is 12.9. The molecule has 2 N–H and O–H groups in total. The number of rotatable bonds is 2. The summed E-state index contributed by atoms with van der Waals surface area (Å²) in [5.41, 5.74) is 7.91. The maximum atomic E-state index is 12.2. The molecule has 0 bridgehead atoms. The monoisotopic (exact) mass is 194 g/mol. The molecule has 2 rings (SSSR count). The number of amides is 1. The Bertz CT molecular complexity index is 378. The average Bonchev–Trinajstić information content (AvgIpc) is 2.43. The SMILES string of the molecule is Nc1ccc2c(c1)CC(=O)N2CCF. The molecule has 3 nitrogen and oxygen atoms in total. The van der Waals surface area contributed by atoms with Gasteiger partial charge in [0.25, 0.3) is 0 Å². The highest BCUT2D eigenvalue weighted by Crippen LogP contribution is 2.29. The Kier molecular flexibility index (Phi) is 2.11. The second kappa shape index (κ2) is 3.29. The highest BCUT2D eigenvalue weighted by molar-refractivity contribution is 6.01. The van der Waals surface area contributed by atoms with Crippen molar-refractivity contribution >= 4 is 17.3 Å². The predicted molar refractivity (Wildman–Crippen MR) is 52.9 cm³/mol. The molecule has 1 aromatic carbocycles. The Hall–Kier alpha value is -1.58. The van der Waals surface area contributed by atoms with E-state index >= 15 is 0 Å². The highest BCUT2D eigenvalue weighted by Gasteiger charge is 2.26. The number of halogens is 1. The van der Waals surface area contributed by atoms with Crippen molar-refractivity contribution in [1.82, 2.24) is 0 Å². The van der Waals surface area contributed by atoms with Crippen LogP contribution in [0.2, 0.25) is 0 Å². The van der Waals surface area contributed by atoms with E-state index in [1.807, 2.05) is 0 Å². The molecule has 1 amide bonds. The van der Waals surface area contributed by atoms with Gasteiger partial charge in [-0.25, -0.2) is 4.39 Å². The third-order valence-electron chi connectivity index (χ3n) is 2.35. The second-order valence-electron chi connectivity index (χ2n) is 3.30. The molecule has 0 aliphatic carbocycles. The van der Waals surface area contributed by atoms with Crippen molar-refractivity contribution in [3.63, 3.8) is 0 Å². The summed E-state index contributed by atoms with van der Waals surface area (Å²) in [5, 5.41) is 0. The summed E-state index contributed by atoms with van der Waals surface area (Å²) in [6.07, 6.45) is 0.334. The summed E-state index contributed by atoms with van der Waals surface area (Å²) < 4.78 is 12.2. The smallest absolute Gasteiger partial charge is 0.231 e. The number of benzene rings is 1. The third-order valence-corrected chi connectivity index (χ3v) is 2.35. The van der Waals surface area contributed by atoms with Crippen molar-refractivity contribution < 1.29 is 9.18 Å². The summed E-state index contributed by atoms with van der Waals surface area (Å²) in [7, 11) is 0. The molecule has 0 spiro atoms. The number of carbonyl (C=O) groups is 1. The zero-order chi connectivity index (χ0) is 10.1. The Morgan fingerprint density at radius 2 is 2.29 bits per heavy atom. The van der Waals surface area contributed by atoms with E-state index in [0.717, 1.165) is 11.3 Å². The normalized spacial score (nSPS) is 14.6. The minimum absolute atomic E-state index is 0.0525. The lowest BCUT2D eigenvalue weighted by atomic mass is 10.1. The highest BCUT2D eigenvalue weighted by atomic mass is 19.1. The van der Waals surface area contributed by atoms with E-state index in [0.29, 0.717) is 12.1 Å². The number of carbonyl (C=O) groups excluding carboxylic acids is 1. The van der Waals surface area contributed by atoms with Crippen LogP contribution in [0.4, 0.5) is 15.8 Å². The van der Waals surface area contributed by atoms with Crippen LogP contribution < -0.4 is 10.6 Å². The van der Waals surface area contributed by atoms with E-state index in [2.05, 4.69) is 0 Å². The van der Waals surface area contributed by atoms with Gasteiger partial charge in [-0.2, -0.15) is 0 Å². The Morgan fingerprint density at radius 3 is 3.00 bits per heavy atom. The van der Waals surface area contributed by atoms with Crippen LogP contribution in [0.3, 0.4) is 0 Å². The first-order valence-corrected chi connectivity index (χ1v) is 4.47. The van der Waals surface area contributed by atoms with E-state index in [1.54, 1.807) is 18.2 Å². The molecule has 1 aliphatic rings. The van der Waals surface area contributed by atoms with Crippen molar-refractivity contribution in [3.05, 3.63) is 23.8 Å². The Balaban J connectivity index is 2.37. The number of hydrogen-bond donors (Lipinski definition) is 1. The molecule has 0 fully saturated rings. The van der Waals surface area contributed by atoms with E-state index in [1.165, 1.54) is 4.90 Å². The number of anilines is 2. The van der Waals surface area contributed by atoms with Crippen molar-refractivity contribution in [1.29, 1.82) is 0 Å². The number of fused-ring (bicyclic) bond motifs is 1. The largest absolute Gasteiger partial charge is 0.399 e. The summed E-state index contributed by atoms with van der Waals surface area (Å²) in [5.74, 6) is -0.0525. The van der Waals surface area contributed by atoms with Gasteiger partial charge in [0.15, 0.2) is 0 Å². The molecule has 1 heterocycles. The van der Waals surface area contributed by atoms with Crippen LogP contribution in [0, 0.1) is 0 Å². The van der Waals surface area contributed by atoms with Gasteiger partial charge in [-0.05, 0) is 23.8 Å². The first-order chi connectivity index (χ1) is 6.72. The zero-order valence-electron chi connectivity index (χ0n) is 7.66. The molecule has 1 aromatic rings. The fourth-order valence-electron chi connectivity index (χ4n) is 1.73. The number of alkyl halides is 1. The molecule has 74 valence electrons. The summed E-state index contributed by atoms with van der Waals surface area (Å²) in [6, 6.07) is 5.26. The van der Waals surface area contributed by atoms with Gasteiger partial charge in [0.2, 0.25) is 5.91 Å². The molecule has 1 aliphatic heterocycles. The minimum Gasteiger partial charge on any atom is -0.399 e. The number of nitrogen functional groups attached to an aromatic ring is 1. The molecule has 14 heavy (non-hydrogen) atoms. The van der Waals surface area contributed by atoms with E-state index < -0.39 is 6.67 Å². The minimum atomic E-state index is -0.518. The first-order valence-electron chi connectivity index (χ1n) is 4.47. The Labute approximate surface area is 81.3 Å². The Morgan fingerprint density at radius 1 is 1.50 bits per heavy atom. The number of nitrogens with two attached hydrogens (primary N) is 1. The molecule has 0 saturated heterocycles. The first kappa shape index (κ1) is 8.99. The van der Waals surface area contributed by atoms with Gasteiger partial charge in [-0.15, -0.1) is 0 Å². The molecular weight excluding hydrogens is 183 g/mol. The fraction of sp³-hybridized carbons (Fsp3) is 0.300. The molecular formula is C10H11FN2O. The topological polar surface area (TPSA) is 46.3 Å². The second-order valence-corrected chi connectivity index (χ2v) is 3.30. The lowest BCUT2D eigenvalue weighted by Crippen LogP contribution is -2.28. The van der Waals surface area contributed by atoms with Gasteiger partial charge in [0, 0.05) is 11.4 Å². The van der Waals surface area contributed by atoms with Crippen LogP contribution in [0.1, 0.15) is 5.56 Å². The molecule has 0 atom stereocenters. The van der Waals surface area contributed by atoms with Crippen LogP contribution in [0.15, 0.2) is 18.2 Å². The van der Waals surface area contributed by atoms with Crippen molar-refractivity contribution in [2.75, 3.05) is 23.9 Å². The maximum absolute atomic E-state index is 12.2. The molecule has 0 aromatic heterocycles. The lowest BCUT2D eigenvalue weighted by Gasteiger charge is -2.14. The van der Waals surface area contributed by atoms with Crippen LogP contribution in [-0.4, -0.2) is 19.1 Å². The van der Waals surface area contributed by atoms with E-state index in [4.69, 9.17) is 5.73 Å². The zero-order valence-corrected chi connectivity index (χ0v) is 7.66. The van der Waals surface area contributed by atoms with Gasteiger partial charge in [0.05, 0.1) is 13.0 Å². The number of nitrogens with zero attached hydrogens (tertiary/aromatic N) is 1. The maximum Gasteiger partial charge on any atom is 0.231 e. The standard InChI is InChI=1S/C10H11FN2O/c11-3-4-13-9-2-1-8(12)5-7(9)6-10(13)14/h1-2,5H,3-4,6,12H2. The molecule has 4 heteroatoms. The van der Waals surface area contributed by atoms with Gasteiger partial charge < -0.3 is 10.6 Å². The predicted octanol–water partition coefficient (Wildman–Crippen LogP) is 1.13. The van der Waals surface area contributed by atoms with Crippen molar-refractivity contribution in [3.8, 4) is 0 Å². The lowest BCUT2D eigenvalue weighted by molar-refractivity contribution is -0.117. The summed E-state index contributed by atoms with van der Waals surface area (Å²) >= 11 is 0. The van der Waals surface area contributed by atoms with Crippen LogP contribution in [0.5, 0.6) is 0 Å². The van der Waals surface area contributed by atoms with Gasteiger partial charge in [-0.1, -0.05) is 0 Å². The van der Waals surface area contributed by atoms with E-state index in [9.17, 15) is 9.18 Å². The third kappa shape index (κ3) is 1.32. The van der Waals surface area contributed by atoms with Crippen molar-refractivity contribution in [2.45, 2.75) is 6.42 Å². The molecule has 0 unspecified atom stereocenters. The van der Waals surface area contributed by atoms with Crippen LogP contribution in [0.25, 0.3) is 0 Å². The fourth-order valence-corrected chi connectivity index (χ4v) is 1.73. The molecule has 0 radical (unpaired) electrons. The van der Waals surface area contributed by atoms with Crippen LogP contribution >= 0.6 is 0 Å². The summed E-state index contributed by atoms with van der Waals surface area (Å²) in [6.45, 7) is -0.384. The van der Waals surface area contributed by atoms with Crippen LogP contribution in [-0.2, 0) is 11.2 Å². The average molecular weight is 194 g/mol. The quantitative estimate of drug-likeness (QED) is 0.717. The molecule has 0 saturated carbocycles. The van der Waals surface area contributed by atoms with Gasteiger partial charge in [-0.3, -0.25) is 4.79 Å². The van der Waals surface area contributed by atoms with Gasteiger partial charge in [0.1, 0.15) is 6.67 Å². The van der Waals surface area contributed by atoms with E-state index in [-0.39, 0.29) is 12.5 Å². The van der Waals surface area contributed by atoms with Gasteiger partial charge >= 0.3 is 0 Å². The van der Waals surface area contributed by atoms with Crippen molar-refractivity contribution in [2.24, 2.45) is 0 Å². The number of hydrogen-bond acceptors (Lipinski definition) is 2.